The molecule has 0 spiro atoms. The van der Waals surface area contributed by atoms with Gasteiger partial charge in [-0.15, -0.1) is 0 Å². The first-order valence-corrected chi connectivity index (χ1v) is 8.24. The zero-order valence-corrected chi connectivity index (χ0v) is 13.7. The van der Waals surface area contributed by atoms with Gasteiger partial charge in [0.1, 0.15) is 11.7 Å². The van der Waals surface area contributed by atoms with E-state index >= 15 is 0 Å². The fourth-order valence-corrected chi connectivity index (χ4v) is 3.17. The molecule has 1 aliphatic carbocycles. The third kappa shape index (κ3) is 2.96. The van der Waals surface area contributed by atoms with Crippen LogP contribution in [0.15, 0.2) is 16.7 Å². The molecule has 0 N–H and O–H groups in total. The van der Waals surface area contributed by atoms with E-state index in [4.69, 9.17) is 9.78 Å². The first-order valence-electron chi connectivity index (χ1n) is 8.24. The van der Waals surface area contributed by atoms with Gasteiger partial charge in [-0.1, -0.05) is 5.16 Å². The number of piperazine rings is 1. The minimum Gasteiger partial charge on any atom is -0.363 e. The van der Waals surface area contributed by atoms with E-state index in [1.807, 2.05) is 11.9 Å². The lowest BCUT2D eigenvalue weighted by Gasteiger charge is -2.39. The smallest absolute Gasteiger partial charge is 0.245 e. The predicted octanol–water partition coefficient (Wildman–Crippen LogP) is 2.59. The molecule has 0 radical (unpaired) electrons. The summed E-state index contributed by atoms with van der Waals surface area (Å²) in [6.07, 6.45) is 2.15. The quantitative estimate of drug-likeness (QED) is 0.852. The van der Waals surface area contributed by atoms with Crippen LogP contribution < -0.4 is 4.90 Å². The molecule has 0 bridgehead atoms. The van der Waals surface area contributed by atoms with Crippen LogP contribution in [0.2, 0.25) is 0 Å². The molecule has 1 saturated heterocycles. The number of benzene rings is 1. The molecule has 2 heterocycles. The Bertz CT molecular complexity index is 819. The molecule has 8 heteroatoms. The molecule has 1 aliphatic heterocycles. The molecule has 2 fully saturated rings. The maximum atomic E-state index is 14.3. The van der Waals surface area contributed by atoms with Crippen molar-refractivity contribution in [3.8, 4) is 6.07 Å². The topological polar surface area (TPSA) is 69.2 Å². The van der Waals surface area contributed by atoms with Gasteiger partial charge < -0.3 is 9.42 Å². The molecular formula is C17H17F2N5O. The van der Waals surface area contributed by atoms with Gasteiger partial charge >= 0.3 is 0 Å². The summed E-state index contributed by atoms with van der Waals surface area (Å²) in [5.74, 6) is 0.115. The SMILES string of the molecule is CN1CCN(c2c(F)cc(C#N)cc2F)C[C@@H]1c1nc(C2CC2)no1. The Morgan fingerprint density at radius 1 is 1.24 bits per heavy atom. The Morgan fingerprint density at radius 2 is 1.96 bits per heavy atom. The van der Waals surface area contributed by atoms with E-state index in [9.17, 15) is 8.78 Å². The average molecular weight is 345 g/mol. The number of halogens is 2. The summed E-state index contributed by atoms with van der Waals surface area (Å²) in [5, 5.41) is 12.9. The highest BCUT2D eigenvalue weighted by Gasteiger charge is 2.35. The Labute approximate surface area is 143 Å². The summed E-state index contributed by atoms with van der Waals surface area (Å²) in [4.78, 5) is 8.15. The van der Waals surface area contributed by atoms with Crippen molar-refractivity contribution in [1.82, 2.24) is 15.0 Å². The van der Waals surface area contributed by atoms with E-state index in [0.717, 1.165) is 30.8 Å². The van der Waals surface area contributed by atoms with Crippen LogP contribution >= 0.6 is 0 Å². The van der Waals surface area contributed by atoms with Crippen LogP contribution in [0.25, 0.3) is 0 Å². The van der Waals surface area contributed by atoms with Crippen LogP contribution in [0.3, 0.4) is 0 Å². The fourth-order valence-electron chi connectivity index (χ4n) is 3.17. The maximum absolute atomic E-state index is 14.3. The van der Waals surface area contributed by atoms with Gasteiger partial charge in [-0.05, 0) is 32.0 Å². The molecule has 1 atom stereocenters. The highest BCUT2D eigenvalue weighted by molar-refractivity contribution is 5.53. The fraction of sp³-hybridized carbons (Fsp3) is 0.471. The molecule has 2 aromatic rings. The molecule has 0 amide bonds. The van der Waals surface area contributed by atoms with Gasteiger partial charge in [-0.25, -0.2) is 8.78 Å². The molecule has 0 unspecified atom stereocenters. The molecule has 2 aliphatic rings. The standard InChI is InChI=1S/C17H17F2N5O/c1-23-4-5-24(15-12(18)6-10(8-20)7-13(15)19)9-14(23)17-21-16(22-25-17)11-2-3-11/h6-7,11,14H,2-5,9H2,1H3/t14-/m1/s1. The molecule has 4 rings (SSSR count). The van der Waals surface area contributed by atoms with Crippen molar-refractivity contribution in [2.45, 2.75) is 24.8 Å². The zero-order chi connectivity index (χ0) is 17.6. The van der Waals surface area contributed by atoms with E-state index < -0.39 is 11.6 Å². The van der Waals surface area contributed by atoms with Gasteiger partial charge in [0.05, 0.1) is 11.6 Å². The largest absolute Gasteiger partial charge is 0.363 e. The van der Waals surface area contributed by atoms with Gasteiger partial charge in [0, 0.05) is 25.6 Å². The Morgan fingerprint density at radius 3 is 2.60 bits per heavy atom. The normalized spacial score (nSPS) is 21.4. The van der Waals surface area contributed by atoms with Crippen molar-refractivity contribution in [3.05, 3.63) is 41.0 Å². The van der Waals surface area contributed by atoms with Crippen molar-refractivity contribution >= 4 is 5.69 Å². The third-order valence-electron chi connectivity index (χ3n) is 4.80. The highest BCUT2D eigenvalue weighted by atomic mass is 19.1. The minimum atomic E-state index is -0.732. The Balaban J connectivity index is 1.61. The van der Waals surface area contributed by atoms with E-state index in [1.165, 1.54) is 0 Å². The molecule has 1 aromatic heterocycles. The van der Waals surface area contributed by atoms with Crippen molar-refractivity contribution in [2.75, 3.05) is 31.6 Å². The summed E-state index contributed by atoms with van der Waals surface area (Å²) < 4.78 is 34.1. The number of hydrogen-bond donors (Lipinski definition) is 0. The summed E-state index contributed by atoms with van der Waals surface area (Å²) in [6, 6.07) is 3.64. The first-order chi connectivity index (χ1) is 12.1. The number of aromatic nitrogens is 2. The van der Waals surface area contributed by atoms with Crippen LogP contribution in [0, 0.1) is 23.0 Å². The van der Waals surface area contributed by atoms with Crippen molar-refractivity contribution in [3.63, 3.8) is 0 Å². The van der Waals surface area contributed by atoms with Crippen LogP contribution in [-0.2, 0) is 0 Å². The lowest BCUT2D eigenvalue weighted by molar-refractivity contribution is 0.177. The summed E-state index contributed by atoms with van der Waals surface area (Å²) in [5.41, 5.74) is -0.144. The monoisotopic (exact) mass is 345 g/mol. The van der Waals surface area contributed by atoms with E-state index in [1.54, 1.807) is 11.0 Å². The predicted molar refractivity (Wildman–Crippen MR) is 84.9 cm³/mol. The number of nitrogens with zero attached hydrogens (tertiary/aromatic N) is 5. The lowest BCUT2D eigenvalue weighted by atomic mass is 10.1. The molecule has 6 nitrogen and oxygen atoms in total. The van der Waals surface area contributed by atoms with Gasteiger partial charge in [0.15, 0.2) is 17.5 Å². The Kier molecular flexibility index (Phi) is 3.88. The minimum absolute atomic E-state index is 0.0320. The molecule has 1 saturated carbocycles. The average Bonchev–Trinajstić information content (AvgIpc) is 3.33. The second kappa shape index (κ2) is 6.08. The van der Waals surface area contributed by atoms with Crippen molar-refractivity contribution < 1.29 is 13.3 Å². The van der Waals surface area contributed by atoms with Gasteiger partial charge in [0.2, 0.25) is 5.89 Å². The summed E-state index contributed by atoms with van der Waals surface area (Å²) >= 11 is 0. The van der Waals surface area contributed by atoms with Gasteiger partial charge in [-0.3, -0.25) is 4.90 Å². The van der Waals surface area contributed by atoms with E-state index in [0.29, 0.717) is 31.4 Å². The van der Waals surface area contributed by atoms with Gasteiger partial charge in [0.25, 0.3) is 0 Å². The zero-order valence-electron chi connectivity index (χ0n) is 13.7. The van der Waals surface area contributed by atoms with Crippen LogP contribution in [-0.4, -0.2) is 41.7 Å². The first kappa shape index (κ1) is 16.0. The summed E-state index contributed by atoms with van der Waals surface area (Å²) in [6.45, 7) is 1.41. The number of rotatable bonds is 3. The van der Waals surface area contributed by atoms with Gasteiger partial charge in [-0.2, -0.15) is 10.2 Å². The highest BCUT2D eigenvalue weighted by Crippen LogP contribution is 2.39. The third-order valence-corrected chi connectivity index (χ3v) is 4.80. The second-order valence-corrected chi connectivity index (χ2v) is 6.61. The second-order valence-electron chi connectivity index (χ2n) is 6.61. The van der Waals surface area contributed by atoms with Crippen molar-refractivity contribution in [2.24, 2.45) is 0 Å². The van der Waals surface area contributed by atoms with Crippen LogP contribution in [0.4, 0.5) is 14.5 Å². The van der Waals surface area contributed by atoms with E-state index in [2.05, 4.69) is 10.1 Å². The number of anilines is 1. The van der Waals surface area contributed by atoms with Crippen LogP contribution in [0.1, 0.15) is 42.1 Å². The number of hydrogen-bond acceptors (Lipinski definition) is 6. The molecule has 130 valence electrons. The van der Waals surface area contributed by atoms with Crippen LogP contribution in [0.5, 0.6) is 0 Å². The maximum Gasteiger partial charge on any atom is 0.245 e. The number of likely N-dealkylation sites (N-methyl/N-ethyl adjacent to an activating group) is 1. The molecule has 1 aromatic carbocycles. The van der Waals surface area contributed by atoms with Crippen molar-refractivity contribution in [1.29, 1.82) is 5.26 Å². The number of nitriles is 1. The molecule has 25 heavy (non-hydrogen) atoms. The van der Waals surface area contributed by atoms with E-state index in [-0.39, 0.29) is 17.3 Å². The Hall–Kier alpha value is -2.53. The lowest BCUT2D eigenvalue weighted by Crippen LogP contribution is -2.47. The summed E-state index contributed by atoms with van der Waals surface area (Å²) in [7, 11) is 1.93. The molecular weight excluding hydrogens is 328 g/mol.